The molecule has 0 bridgehead atoms. The Balaban J connectivity index is 2.92. The van der Waals surface area contributed by atoms with Crippen molar-refractivity contribution in [1.82, 2.24) is 0 Å². The monoisotopic (exact) mass is 302 g/mol. The maximum absolute atomic E-state index is 11.2. The maximum Gasteiger partial charge on any atom is 0.311 e. The van der Waals surface area contributed by atoms with E-state index in [4.69, 9.17) is 4.74 Å². The minimum Gasteiger partial charge on any atom is -0.487 e. The third-order valence-electron chi connectivity index (χ3n) is 2.42. The van der Waals surface area contributed by atoms with E-state index in [2.05, 4.69) is 5.32 Å². The molecule has 20 heavy (non-hydrogen) atoms. The minimum absolute atomic E-state index is 0.0199. The van der Waals surface area contributed by atoms with E-state index in [1.54, 1.807) is 13.8 Å². The molecule has 0 saturated heterocycles. The highest BCUT2D eigenvalue weighted by Gasteiger charge is 2.17. The van der Waals surface area contributed by atoms with Crippen molar-refractivity contribution in [1.29, 1.82) is 0 Å². The highest BCUT2D eigenvalue weighted by Crippen LogP contribution is 2.30. The Morgan fingerprint density at radius 1 is 1.45 bits per heavy atom. The standard InChI is InChI=1S/C12H18N2O5S/c1-4-19-12-7-10(5-6-11(12)14(15)16)13-9(2)8-20(3,17)18/h5-7,9,13H,4,8H2,1-3H3. The lowest BCUT2D eigenvalue weighted by molar-refractivity contribution is -0.385. The van der Waals surface area contributed by atoms with Gasteiger partial charge in [0.2, 0.25) is 0 Å². The van der Waals surface area contributed by atoms with E-state index in [1.165, 1.54) is 18.2 Å². The number of hydrogen-bond donors (Lipinski definition) is 1. The summed E-state index contributed by atoms with van der Waals surface area (Å²) in [6.07, 6.45) is 1.16. The van der Waals surface area contributed by atoms with Crippen LogP contribution in [0.1, 0.15) is 13.8 Å². The van der Waals surface area contributed by atoms with Crippen molar-refractivity contribution in [3.05, 3.63) is 28.3 Å². The predicted octanol–water partition coefficient (Wildman–Crippen LogP) is 1.84. The summed E-state index contributed by atoms with van der Waals surface area (Å²) < 4.78 is 27.6. The van der Waals surface area contributed by atoms with Gasteiger partial charge in [-0.15, -0.1) is 0 Å². The van der Waals surface area contributed by atoms with E-state index >= 15 is 0 Å². The third kappa shape index (κ3) is 5.04. The van der Waals surface area contributed by atoms with Gasteiger partial charge < -0.3 is 10.1 Å². The molecule has 0 amide bonds. The van der Waals surface area contributed by atoms with Crippen LogP contribution in [0.4, 0.5) is 11.4 Å². The first-order valence-corrected chi connectivity index (χ1v) is 8.14. The van der Waals surface area contributed by atoms with Crippen LogP contribution < -0.4 is 10.1 Å². The molecule has 1 N–H and O–H groups in total. The average Bonchev–Trinajstić information content (AvgIpc) is 2.26. The SMILES string of the molecule is CCOc1cc(NC(C)CS(C)(=O)=O)ccc1[N+](=O)[O-]. The highest BCUT2D eigenvalue weighted by atomic mass is 32.2. The molecule has 0 spiro atoms. The summed E-state index contributed by atoms with van der Waals surface area (Å²) in [7, 11) is -3.09. The molecular weight excluding hydrogens is 284 g/mol. The zero-order valence-corrected chi connectivity index (χ0v) is 12.4. The van der Waals surface area contributed by atoms with E-state index in [1.807, 2.05) is 0 Å². The molecule has 0 aromatic heterocycles. The van der Waals surface area contributed by atoms with Crippen LogP contribution in [0, 0.1) is 10.1 Å². The van der Waals surface area contributed by atoms with Crippen LogP contribution in [0.3, 0.4) is 0 Å². The number of nitrogens with one attached hydrogen (secondary N) is 1. The number of rotatable bonds is 7. The van der Waals surface area contributed by atoms with Gasteiger partial charge in [0.1, 0.15) is 9.84 Å². The summed E-state index contributed by atoms with van der Waals surface area (Å²) in [4.78, 5) is 10.3. The average molecular weight is 302 g/mol. The van der Waals surface area contributed by atoms with Gasteiger partial charge in [-0.2, -0.15) is 0 Å². The predicted molar refractivity (Wildman–Crippen MR) is 77.1 cm³/mol. The van der Waals surface area contributed by atoms with Crippen LogP contribution in [-0.2, 0) is 9.84 Å². The molecular formula is C12H18N2O5S. The molecule has 7 nitrogen and oxygen atoms in total. The number of nitro groups is 1. The normalized spacial score (nSPS) is 12.8. The molecule has 8 heteroatoms. The largest absolute Gasteiger partial charge is 0.487 e. The fourth-order valence-corrected chi connectivity index (χ4v) is 2.80. The highest BCUT2D eigenvalue weighted by molar-refractivity contribution is 7.90. The van der Waals surface area contributed by atoms with Gasteiger partial charge in [-0.3, -0.25) is 10.1 Å². The molecule has 0 saturated carbocycles. The molecule has 0 heterocycles. The van der Waals surface area contributed by atoms with E-state index in [0.29, 0.717) is 12.3 Å². The summed E-state index contributed by atoms with van der Waals surface area (Å²) in [5, 5.41) is 13.8. The molecule has 0 aliphatic carbocycles. The zero-order chi connectivity index (χ0) is 15.3. The number of nitro benzene ring substituents is 1. The number of ether oxygens (including phenoxy) is 1. The van der Waals surface area contributed by atoms with Gasteiger partial charge >= 0.3 is 5.69 Å². The molecule has 1 rings (SSSR count). The number of anilines is 1. The first-order chi connectivity index (χ1) is 9.23. The van der Waals surface area contributed by atoms with Crippen molar-refractivity contribution in [3.63, 3.8) is 0 Å². The Labute approximate surface area is 118 Å². The molecule has 112 valence electrons. The number of sulfone groups is 1. The first-order valence-electron chi connectivity index (χ1n) is 6.08. The van der Waals surface area contributed by atoms with Gasteiger partial charge in [0, 0.05) is 30.1 Å². The molecule has 0 radical (unpaired) electrons. The quantitative estimate of drug-likeness (QED) is 0.609. The molecule has 1 aromatic rings. The van der Waals surface area contributed by atoms with Gasteiger partial charge in [0.15, 0.2) is 5.75 Å². The summed E-state index contributed by atoms with van der Waals surface area (Å²) in [5.74, 6) is 0.141. The lowest BCUT2D eigenvalue weighted by atomic mass is 10.2. The molecule has 1 unspecified atom stereocenters. The van der Waals surface area contributed by atoms with Crippen molar-refractivity contribution in [2.45, 2.75) is 19.9 Å². The van der Waals surface area contributed by atoms with E-state index in [-0.39, 0.29) is 23.2 Å². The zero-order valence-electron chi connectivity index (χ0n) is 11.6. The second kappa shape index (κ2) is 6.56. The van der Waals surface area contributed by atoms with Gasteiger partial charge in [0.05, 0.1) is 17.3 Å². The summed E-state index contributed by atoms with van der Waals surface area (Å²) in [6.45, 7) is 3.77. The molecule has 1 aromatic carbocycles. The Hall–Kier alpha value is -1.83. The van der Waals surface area contributed by atoms with Crippen molar-refractivity contribution in [3.8, 4) is 5.75 Å². The number of hydrogen-bond acceptors (Lipinski definition) is 6. The van der Waals surface area contributed by atoms with Crippen LogP contribution in [0.2, 0.25) is 0 Å². The van der Waals surface area contributed by atoms with Crippen LogP contribution >= 0.6 is 0 Å². The Morgan fingerprint density at radius 3 is 2.60 bits per heavy atom. The maximum atomic E-state index is 11.2. The van der Waals surface area contributed by atoms with Crippen molar-refractivity contribution in [2.24, 2.45) is 0 Å². The lowest BCUT2D eigenvalue weighted by Crippen LogP contribution is -2.24. The van der Waals surface area contributed by atoms with E-state index < -0.39 is 14.8 Å². The van der Waals surface area contributed by atoms with E-state index in [9.17, 15) is 18.5 Å². The second-order valence-electron chi connectivity index (χ2n) is 4.51. The minimum atomic E-state index is -3.09. The van der Waals surface area contributed by atoms with Crippen LogP contribution in [0.15, 0.2) is 18.2 Å². The Bertz CT molecular complexity index is 586. The van der Waals surface area contributed by atoms with Gasteiger partial charge in [-0.05, 0) is 19.9 Å². The van der Waals surface area contributed by atoms with Crippen molar-refractivity contribution >= 4 is 21.2 Å². The summed E-state index contributed by atoms with van der Waals surface area (Å²) in [5.41, 5.74) is 0.461. The Kier molecular flexibility index (Phi) is 5.32. The third-order valence-corrected chi connectivity index (χ3v) is 3.53. The molecule has 1 atom stereocenters. The lowest BCUT2D eigenvalue weighted by Gasteiger charge is -2.15. The van der Waals surface area contributed by atoms with Crippen LogP contribution in [0.5, 0.6) is 5.75 Å². The summed E-state index contributed by atoms with van der Waals surface area (Å²) >= 11 is 0. The van der Waals surface area contributed by atoms with Crippen molar-refractivity contribution in [2.75, 3.05) is 23.9 Å². The van der Waals surface area contributed by atoms with Gasteiger partial charge in [-0.25, -0.2) is 8.42 Å². The first kappa shape index (κ1) is 16.2. The smallest absolute Gasteiger partial charge is 0.311 e. The molecule has 0 aliphatic heterocycles. The second-order valence-corrected chi connectivity index (χ2v) is 6.70. The fraction of sp³-hybridized carbons (Fsp3) is 0.500. The number of nitrogens with zero attached hydrogens (tertiary/aromatic N) is 1. The number of benzene rings is 1. The summed E-state index contributed by atoms with van der Waals surface area (Å²) in [6, 6.07) is 4.06. The van der Waals surface area contributed by atoms with Crippen LogP contribution in [-0.4, -0.2) is 38.0 Å². The van der Waals surface area contributed by atoms with Gasteiger partial charge in [0.25, 0.3) is 0 Å². The van der Waals surface area contributed by atoms with Crippen LogP contribution in [0.25, 0.3) is 0 Å². The Morgan fingerprint density at radius 2 is 2.10 bits per heavy atom. The molecule has 0 fully saturated rings. The van der Waals surface area contributed by atoms with Gasteiger partial charge in [-0.1, -0.05) is 0 Å². The molecule has 0 aliphatic rings. The topological polar surface area (TPSA) is 98.5 Å². The van der Waals surface area contributed by atoms with E-state index in [0.717, 1.165) is 6.26 Å². The fourth-order valence-electron chi connectivity index (χ4n) is 1.81. The van der Waals surface area contributed by atoms with Crippen molar-refractivity contribution < 1.29 is 18.1 Å².